The molecule has 0 unspecified atom stereocenters. The molecule has 244 valence electrons. The summed E-state index contributed by atoms with van der Waals surface area (Å²) in [6, 6.07) is 37.4. The van der Waals surface area contributed by atoms with E-state index < -0.39 is 11.8 Å². The first-order valence-corrected chi connectivity index (χ1v) is 17.4. The molecule has 5 aromatic carbocycles. The molecule has 10 heteroatoms. The van der Waals surface area contributed by atoms with E-state index in [0.717, 1.165) is 32.5 Å². The molecule has 49 heavy (non-hydrogen) atoms. The molecule has 0 radical (unpaired) electrons. The van der Waals surface area contributed by atoms with Crippen molar-refractivity contribution < 1.29 is 19.1 Å². The first-order chi connectivity index (χ1) is 23.9. The van der Waals surface area contributed by atoms with Crippen molar-refractivity contribution in [2.24, 2.45) is 0 Å². The smallest absolute Gasteiger partial charge is 0.272 e. The predicted octanol–water partition coefficient (Wildman–Crippen LogP) is 8.50. The van der Waals surface area contributed by atoms with Crippen LogP contribution >= 0.6 is 23.1 Å². The van der Waals surface area contributed by atoms with Crippen LogP contribution in [0.15, 0.2) is 137 Å². The highest BCUT2D eigenvalue weighted by Gasteiger charge is 2.16. The third-order valence-corrected chi connectivity index (χ3v) is 9.08. The molecule has 0 saturated carbocycles. The van der Waals surface area contributed by atoms with Crippen molar-refractivity contribution in [1.82, 2.24) is 10.3 Å². The summed E-state index contributed by atoms with van der Waals surface area (Å²) in [5.74, 6) is -0.148. The van der Waals surface area contributed by atoms with E-state index >= 15 is 0 Å². The fourth-order valence-corrected chi connectivity index (χ4v) is 6.32. The van der Waals surface area contributed by atoms with E-state index in [1.54, 1.807) is 54.6 Å². The number of benzene rings is 5. The number of thiazole rings is 1. The zero-order valence-electron chi connectivity index (χ0n) is 26.5. The highest BCUT2D eigenvalue weighted by Crippen LogP contribution is 2.28. The normalized spacial score (nSPS) is 11.2. The Hall–Kier alpha value is -5.71. The average molecular weight is 685 g/mol. The van der Waals surface area contributed by atoms with Crippen molar-refractivity contribution in [2.45, 2.75) is 11.8 Å². The molecule has 0 bridgehead atoms. The van der Waals surface area contributed by atoms with Gasteiger partial charge in [-0.2, -0.15) is 0 Å². The third kappa shape index (κ3) is 9.01. The molecule has 8 nitrogen and oxygen atoms in total. The fraction of sp³-hybridized carbons (Fsp3) is 0.0769. The largest absolute Gasteiger partial charge is 0.494 e. The van der Waals surface area contributed by atoms with Crippen molar-refractivity contribution in [2.75, 3.05) is 23.0 Å². The van der Waals surface area contributed by atoms with Crippen molar-refractivity contribution in [1.29, 1.82) is 0 Å². The van der Waals surface area contributed by atoms with E-state index in [0.29, 0.717) is 28.7 Å². The van der Waals surface area contributed by atoms with Gasteiger partial charge in [-0.25, -0.2) is 4.98 Å². The van der Waals surface area contributed by atoms with Gasteiger partial charge in [-0.1, -0.05) is 66.7 Å². The molecule has 0 aliphatic rings. The van der Waals surface area contributed by atoms with E-state index in [1.807, 2.05) is 60.8 Å². The van der Waals surface area contributed by atoms with E-state index in [1.165, 1.54) is 23.1 Å². The summed E-state index contributed by atoms with van der Waals surface area (Å²) in [6.45, 7) is 2.45. The molecule has 6 rings (SSSR count). The Labute approximate surface area is 292 Å². The van der Waals surface area contributed by atoms with Crippen LogP contribution in [0.1, 0.15) is 22.8 Å². The number of ether oxygens (including phenoxy) is 1. The number of nitrogens with zero attached hydrogens (tertiary/aromatic N) is 1. The number of rotatable bonds is 12. The maximum atomic E-state index is 13.4. The summed E-state index contributed by atoms with van der Waals surface area (Å²) < 4.78 is 5.51. The minimum atomic E-state index is -0.482. The van der Waals surface area contributed by atoms with E-state index in [-0.39, 0.29) is 17.4 Å². The molecule has 0 atom stereocenters. The van der Waals surface area contributed by atoms with Gasteiger partial charge in [0.25, 0.3) is 11.8 Å². The highest BCUT2D eigenvalue weighted by molar-refractivity contribution is 8.00. The van der Waals surface area contributed by atoms with Gasteiger partial charge < -0.3 is 20.7 Å². The minimum absolute atomic E-state index is 0.0825. The maximum Gasteiger partial charge on any atom is 0.272 e. The van der Waals surface area contributed by atoms with Gasteiger partial charge in [0.1, 0.15) is 11.4 Å². The quantitative estimate of drug-likeness (QED) is 0.0881. The SMILES string of the molecule is CCOc1ccc(/C=C(\NC(=O)c2ccccc2)C(=O)Nc2ccc(SCC(=O)Nc3nc(-c4ccc5ccccc5c4)cs3)cc2)cc1. The van der Waals surface area contributed by atoms with Crippen LogP contribution in [-0.2, 0) is 9.59 Å². The zero-order chi connectivity index (χ0) is 34.0. The number of anilines is 2. The monoisotopic (exact) mass is 684 g/mol. The van der Waals surface area contributed by atoms with Gasteiger partial charge >= 0.3 is 0 Å². The van der Waals surface area contributed by atoms with Crippen molar-refractivity contribution in [3.05, 3.63) is 144 Å². The van der Waals surface area contributed by atoms with Gasteiger partial charge in [-0.05, 0) is 83.9 Å². The zero-order valence-corrected chi connectivity index (χ0v) is 28.1. The molecule has 6 aromatic rings. The molecule has 0 saturated heterocycles. The van der Waals surface area contributed by atoms with Crippen LogP contribution in [0.4, 0.5) is 10.8 Å². The molecule has 3 amide bonds. The minimum Gasteiger partial charge on any atom is -0.494 e. The number of fused-ring (bicyclic) bond motifs is 1. The molecule has 0 aliphatic carbocycles. The van der Waals surface area contributed by atoms with Crippen LogP contribution in [0, 0.1) is 0 Å². The molecule has 1 aromatic heterocycles. The number of nitrogens with one attached hydrogen (secondary N) is 3. The number of hydrogen-bond acceptors (Lipinski definition) is 7. The second kappa shape index (κ2) is 15.9. The summed E-state index contributed by atoms with van der Waals surface area (Å²) in [5, 5.41) is 13.3. The lowest BCUT2D eigenvalue weighted by molar-refractivity contribution is -0.114. The van der Waals surface area contributed by atoms with Crippen LogP contribution in [0.3, 0.4) is 0 Å². The molecular formula is C39H32N4O4S2. The molecule has 3 N–H and O–H groups in total. The summed E-state index contributed by atoms with van der Waals surface area (Å²) in [7, 11) is 0. The summed E-state index contributed by atoms with van der Waals surface area (Å²) >= 11 is 2.76. The van der Waals surface area contributed by atoms with Gasteiger partial charge in [0.2, 0.25) is 5.91 Å². The Balaban J connectivity index is 1.05. The van der Waals surface area contributed by atoms with Gasteiger partial charge in [0.15, 0.2) is 5.13 Å². The second-order valence-electron chi connectivity index (χ2n) is 10.8. The van der Waals surface area contributed by atoms with Crippen LogP contribution in [0.25, 0.3) is 28.1 Å². The van der Waals surface area contributed by atoms with Crippen LogP contribution in [0.2, 0.25) is 0 Å². The average Bonchev–Trinajstić information content (AvgIpc) is 3.60. The first-order valence-electron chi connectivity index (χ1n) is 15.5. The van der Waals surface area contributed by atoms with Crippen LogP contribution < -0.4 is 20.7 Å². The summed E-state index contributed by atoms with van der Waals surface area (Å²) in [5.41, 5.74) is 3.57. The molecular weight excluding hydrogens is 653 g/mol. The lowest BCUT2D eigenvalue weighted by Gasteiger charge is -2.12. The first kappa shape index (κ1) is 33.2. The lowest BCUT2D eigenvalue weighted by atomic mass is 10.1. The van der Waals surface area contributed by atoms with E-state index in [4.69, 9.17) is 4.74 Å². The van der Waals surface area contributed by atoms with Gasteiger partial charge in [-0.3, -0.25) is 14.4 Å². The molecule has 0 aliphatic heterocycles. The Morgan fingerprint density at radius 3 is 2.31 bits per heavy atom. The maximum absolute atomic E-state index is 13.4. The standard InChI is InChI=1S/C39H32N4O4S2/c1-2-47-32-18-12-26(13-19-32)22-34(41-37(45)28-9-4-3-5-10-28)38(46)40-31-16-20-33(21-17-31)48-25-36(44)43-39-42-35(24-49-39)30-15-14-27-8-6-7-11-29(27)23-30/h3-24H,2,25H2,1H3,(H,40,46)(H,41,45)(H,42,43,44)/b34-22-. The second-order valence-corrected chi connectivity index (χ2v) is 12.7. The number of carbonyl (C=O) groups excluding carboxylic acids is 3. The Morgan fingerprint density at radius 1 is 0.816 bits per heavy atom. The van der Waals surface area contributed by atoms with Gasteiger partial charge in [0.05, 0.1) is 18.1 Å². The predicted molar refractivity (Wildman–Crippen MR) is 199 cm³/mol. The van der Waals surface area contributed by atoms with Crippen LogP contribution in [0.5, 0.6) is 5.75 Å². The van der Waals surface area contributed by atoms with Crippen molar-refractivity contribution in [3.8, 4) is 17.0 Å². The van der Waals surface area contributed by atoms with E-state index in [2.05, 4.69) is 45.2 Å². The number of amides is 3. The highest BCUT2D eigenvalue weighted by atomic mass is 32.2. The van der Waals surface area contributed by atoms with E-state index in [9.17, 15) is 14.4 Å². The fourth-order valence-electron chi connectivity index (χ4n) is 4.89. The van der Waals surface area contributed by atoms with Gasteiger partial charge in [0, 0.05) is 27.1 Å². The number of carbonyl (C=O) groups is 3. The Bertz CT molecular complexity index is 2110. The number of hydrogen-bond donors (Lipinski definition) is 3. The Kier molecular flexibility index (Phi) is 10.8. The van der Waals surface area contributed by atoms with Gasteiger partial charge in [-0.15, -0.1) is 23.1 Å². The van der Waals surface area contributed by atoms with Crippen molar-refractivity contribution in [3.63, 3.8) is 0 Å². The Morgan fingerprint density at radius 2 is 1.55 bits per heavy atom. The number of aromatic nitrogens is 1. The molecule has 1 heterocycles. The van der Waals surface area contributed by atoms with Crippen LogP contribution in [-0.4, -0.2) is 35.1 Å². The number of thioether (sulfide) groups is 1. The molecule has 0 fully saturated rings. The summed E-state index contributed by atoms with van der Waals surface area (Å²) in [6.07, 6.45) is 1.61. The summed E-state index contributed by atoms with van der Waals surface area (Å²) in [4.78, 5) is 44.5. The third-order valence-electron chi connectivity index (χ3n) is 7.31. The topological polar surface area (TPSA) is 109 Å². The van der Waals surface area contributed by atoms with Crippen molar-refractivity contribution >= 4 is 68.5 Å². The molecule has 0 spiro atoms. The lowest BCUT2D eigenvalue weighted by Crippen LogP contribution is -2.30.